The largest absolute Gasteiger partial charge is 0.370 e. The predicted octanol–water partition coefficient (Wildman–Crippen LogP) is 2.75. The van der Waals surface area contributed by atoms with Gasteiger partial charge in [-0.2, -0.15) is 9.97 Å². The van der Waals surface area contributed by atoms with Gasteiger partial charge in [-0.05, 0) is 25.7 Å². The molecule has 0 aromatic carbocycles. The molecule has 0 radical (unpaired) electrons. The number of anilines is 3. The monoisotopic (exact) mass is 265 g/mol. The van der Waals surface area contributed by atoms with Gasteiger partial charge in [-0.15, -0.1) is 0 Å². The molecule has 0 aliphatic heterocycles. The maximum Gasteiger partial charge on any atom is 0.223 e. The summed E-state index contributed by atoms with van der Waals surface area (Å²) in [6.07, 6.45) is 2.18. The molecule has 0 spiro atoms. The van der Waals surface area contributed by atoms with Crippen molar-refractivity contribution in [2.24, 2.45) is 5.92 Å². The number of nitrogen functional groups attached to an aromatic ring is 1. The Kier molecular flexibility index (Phi) is 5.86. The first-order valence-electron chi connectivity index (χ1n) is 7.05. The summed E-state index contributed by atoms with van der Waals surface area (Å²) in [5.41, 5.74) is 5.78. The van der Waals surface area contributed by atoms with Crippen molar-refractivity contribution in [3.8, 4) is 0 Å². The lowest BCUT2D eigenvalue weighted by atomic mass is 10.0. The first-order valence-corrected chi connectivity index (χ1v) is 7.05. The third-order valence-electron chi connectivity index (χ3n) is 3.12. The highest BCUT2D eigenvalue weighted by Gasteiger charge is 2.14. The molecular formula is C14H27N5. The second-order valence-corrected chi connectivity index (χ2v) is 5.49. The van der Waals surface area contributed by atoms with Crippen LogP contribution in [0.25, 0.3) is 0 Å². The zero-order valence-electron chi connectivity index (χ0n) is 12.8. The molecule has 1 atom stereocenters. The van der Waals surface area contributed by atoms with Crippen LogP contribution >= 0.6 is 0 Å². The summed E-state index contributed by atoms with van der Waals surface area (Å²) in [7, 11) is 2.05. The Morgan fingerprint density at radius 3 is 2.58 bits per heavy atom. The molecule has 0 aliphatic carbocycles. The highest BCUT2D eigenvalue weighted by molar-refractivity contribution is 5.52. The molecule has 1 aromatic heterocycles. The van der Waals surface area contributed by atoms with E-state index in [4.69, 9.17) is 5.73 Å². The minimum atomic E-state index is 0.319. The average molecular weight is 265 g/mol. The van der Waals surface area contributed by atoms with Gasteiger partial charge in [-0.25, -0.2) is 0 Å². The van der Waals surface area contributed by atoms with E-state index in [0.29, 0.717) is 17.9 Å². The second kappa shape index (κ2) is 7.16. The van der Waals surface area contributed by atoms with Crippen LogP contribution < -0.4 is 16.0 Å². The van der Waals surface area contributed by atoms with Crippen LogP contribution in [0.15, 0.2) is 6.07 Å². The lowest BCUT2D eigenvalue weighted by molar-refractivity contribution is 0.502. The Bertz CT molecular complexity index is 391. The molecule has 0 amide bonds. The third-order valence-corrected chi connectivity index (χ3v) is 3.12. The SMILES string of the molecule is CCCNc1cc(N(C)C(C)CC(C)C)nc(N)n1. The molecule has 0 bridgehead atoms. The Labute approximate surface area is 116 Å². The van der Waals surface area contributed by atoms with Crippen LogP contribution in [0.5, 0.6) is 0 Å². The number of nitrogens with one attached hydrogen (secondary N) is 1. The molecule has 1 unspecified atom stereocenters. The lowest BCUT2D eigenvalue weighted by Crippen LogP contribution is -2.31. The fourth-order valence-electron chi connectivity index (χ4n) is 2.04. The van der Waals surface area contributed by atoms with Gasteiger partial charge in [0.05, 0.1) is 0 Å². The Hall–Kier alpha value is -1.52. The number of aromatic nitrogens is 2. The lowest BCUT2D eigenvalue weighted by Gasteiger charge is -2.27. The number of rotatable bonds is 7. The summed E-state index contributed by atoms with van der Waals surface area (Å²) in [4.78, 5) is 10.7. The highest BCUT2D eigenvalue weighted by Crippen LogP contribution is 2.20. The molecule has 3 N–H and O–H groups in total. The smallest absolute Gasteiger partial charge is 0.223 e. The van der Waals surface area contributed by atoms with E-state index >= 15 is 0 Å². The molecule has 0 fully saturated rings. The normalized spacial score (nSPS) is 12.5. The molecule has 5 heteroatoms. The predicted molar refractivity (Wildman–Crippen MR) is 82.5 cm³/mol. The van der Waals surface area contributed by atoms with Crippen LogP contribution in [0.4, 0.5) is 17.6 Å². The van der Waals surface area contributed by atoms with E-state index in [2.05, 4.69) is 54.9 Å². The van der Waals surface area contributed by atoms with E-state index in [9.17, 15) is 0 Å². The van der Waals surface area contributed by atoms with E-state index in [1.54, 1.807) is 0 Å². The van der Waals surface area contributed by atoms with E-state index in [1.807, 2.05) is 6.07 Å². The summed E-state index contributed by atoms with van der Waals surface area (Å²) < 4.78 is 0. The highest BCUT2D eigenvalue weighted by atomic mass is 15.2. The van der Waals surface area contributed by atoms with Crippen LogP contribution in [-0.4, -0.2) is 29.6 Å². The van der Waals surface area contributed by atoms with Crippen LogP contribution in [0.2, 0.25) is 0 Å². The van der Waals surface area contributed by atoms with Gasteiger partial charge in [-0.1, -0.05) is 20.8 Å². The molecule has 0 saturated carbocycles. The Balaban J connectivity index is 2.83. The molecule has 19 heavy (non-hydrogen) atoms. The minimum absolute atomic E-state index is 0.319. The summed E-state index contributed by atoms with van der Waals surface area (Å²) in [6, 6.07) is 2.39. The molecule has 1 heterocycles. The van der Waals surface area contributed by atoms with Gasteiger partial charge < -0.3 is 16.0 Å². The van der Waals surface area contributed by atoms with E-state index in [0.717, 1.165) is 31.0 Å². The van der Waals surface area contributed by atoms with E-state index < -0.39 is 0 Å². The average Bonchev–Trinajstić information content (AvgIpc) is 2.33. The molecule has 0 saturated heterocycles. The number of nitrogens with zero attached hydrogens (tertiary/aromatic N) is 3. The Morgan fingerprint density at radius 2 is 2.00 bits per heavy atom. The van der Waals surface area contributed by atoms with Gasteiger partial charge >= 0.3 is 0 Å². The van der Waals surface area contributed by atoms with Crippen LogP contribution in [0.1, 0.15) is 40.5 Å². The quantitative estimate of drug-likeness (QED) is 0.793. The van der Waals surface area contributed by atoms with Crippen molar-refractivity contribution in [3.63, 3.8) is 0 Å². The van der Waals surface area contributed by atoms with E-state index in [-0.39, 0.29) is 0 Å². The van der Waals surface area contributed by atoms with E-state index in [1.165, 1.54) is 0 Å². The summed E-state index contributed by atoms with van der Waals surface area (Å²) >= 11 is 0. The molecule has 1 aromatic rings. The second-order valence-electron chi connectivity index (χ2n) is 5.49. The molecular weight excluding hydrogens is 238 g/mol. The van der Waals surface area contributed by atoms with Crippen molar-refractivity contribution in [3.05, 3.63) is 6.07 Å². The summed E-state index contributed by atoms with van der Waals surface area (Å²) in [6.45, 7) is 9.67. The summed E-state index contributed by atoms with van der Waals surface area (Å²) in [5, 5.41) is 3.25. The Morgan fingerprint density at radius 1 is 1.32 bits per heavy atom. The van der Waals surface area contributed by atoms with Gasteiger partial charge in [0.15, 0.2) is 0 Å². The van der Waals surface area contributed by atoms with Crippen molar-refractivity contribution < 1.29 is 0 Å². The maximum atomic E-state index is 5.78. The van der Waals surface area contributed by atoms with Gasteiger partial charge in [0.2, 0.25) is 5.95 Å². The maximum absolute atomic E-state index is 5.78. The zero-order valence-corrected chi connectivity index (χ0v) is 12.8. The van der Waals surface area contributed by atoms with Crippen LogP contribution in [-0.2, 0) is 0 Å². The number of nitrogens with two attached hydrogens (primary N) is 1. The van der Waals surface area contributed by atoms with Crippen LogP contribution in [0.3, 0.4) is 0 Å². The van der Waals surface area contributed by atoms with Gasteiger partial charge in [0, 0.05) is 25.7 Å². The molecule has 108 valence electrons. The van der Waals surface area contributed by atoms with Gasteiger partial charge in [0.25, 0.3) is 0 Å². The summed E-state index contributed by atoms with van der Waals surface area (Å²) in [5.74, 6) is 2.65. The topological polar surface area (TPSA) is 67.1 Å². The molecule has 1 rings (SSSR count). The minimum Gasteiger partial charge on any atom is -0.370 e. The first kappa shape index (κ1) is 15.5. The van der Waals surface area contributed by atoms with Crippen molar-refractivity contribution in [2.75, 3.05) is 29.5 Å². The van der Waals surface area contributed by atoms with Gasteiger partial charge in [-0.3, -0.25) is 0 Å². The molecule has 0 aliphatic rings. The fourth-order valence-corrected chi connectivity index (χ4v) is 2.04. The van der Waals surface area contributed by atoms with Gasteiger partial charge in [0.1, 0.15) is 11.6 Å². The third kappa shape index (κ3) is 4.93. The van der Waals surface area contributed by atoms with Crippen molar-refractivity contribution in [1.29, 1.82) is 0 Å². The number of hydrogen-bond donors (Lipinski definition) is 2. The first-order chi connectivity index (χ1) is 8.93. The fraction of sp³-hybridized carbons (Fsp3) is 0.714. The van der Waals surface area contributed by atoms with Crippen molar-refractivity contribution >= 4 is 17.6 Å². The number of hydrogen-bond acceptors (Lipinski definition) is 5. The van der Waals surface area contributed by atoms with Crippen molar-refractivity contribution in [2.45, 2.75) is 46.6 Å². The van der Waals surface area contributed by atoms with Crippen LogP contribution in [0, 0.1) is 5.92 Å². The molecule has 5 nitrogen and oxygen atoms in total. The standard InChI is InChI=1S/C14H27N5/c1-6-7-16-12-9-13(18-14(15)17-12)19(5)11(4)8-10(2)3/h9-11H,6-8H2,1-5H3,(H3,15,16,17,18). The van der Waals surface area contributed by atoms with Crippen molar-refractivity contribution in [1.82, 2.24) is 9.97 Å². The zero-order chi connectivity index (χ0) is 14.4.